The molecule has 0 aromatic heterocycles. The molecule has 1 N–H and O–H groups in total. The van der Waals surface area contributed by atoms with Gasteiger partial charge in [0.2, 0.25) is 5.91 Å². The summed E-state index contributed by atoms with van der Waals surface area (Å²) in [5.41, 5.74) is 0.932. The molecule has 1 atom stereocenters. The van der Waals surface area contributed by atoms with Crippen molar-refractivity contribution in [1.29, 1.82) is 0 Å². The first-order chi connectivity index (χ1) is 9.82. The van der Waals surface area contributed by atoms with Gasteiger partial charge in [0.15, 0.2) is 5.75 Å². The number of nitrogens with one attached hydrogen (secondary N) is 1. The van der Waals surface area contributed by atoms with E-state index in [-0.39, 0.29) is 28.2 Å². The molecule has 8 heteroatoms. The molecule has 1 fully saturated rings. The third kappa shape index (κ3) is 3.66. The molecule has 6 nitrogen and oxygen atoms in total. The highest BCUT2D eigenvalue weighted by molar-refractivity contribution is 8.13. The number of amides is 1. The Bertz CT molecular complexity index is 653. The molecular weight excluding hydrogens is 318 g/mol. The predicted octanol–water partition coefficient (Wildman–Crippen LogP) is 1.91. The molecule has 1 aromatic rings. The molecule has 0 bridgehead atoms. The van der Waals surface area contributed by atoms with E-state index in [2.05, 4.69) is 5.32 Å². The summed E-state index contributed by atoms with van der Waals surface area (Å²) in [6, 6.07) is 3.04. The van der Waals surface area contributed by atoms with Crippen molar-refractivity contribution in [1.82, 2.24) is 0 Å². The maximum absolute atomic E-state index is 12.1. The van der Waals surface area contributed by atoms with Crippen LogP contribution >= 0.6 is 10.7 Å². The summed E-state index contributed by atoms with van der Waals surface area (Å²) < 4.78 is 33.5. The number of aryl methyl sites for hydroxylation is 1. The third-order valence-electron chi connectivity index (χ3n) is 3.22. The largest absolute Gasteiger partial charge is 0.493 e. The fourth-order valence-corrected chi connectivity index (χ4v) is 3.29. The van der Waals surface area contributed by atoms with E-state index in [1.54, 1.807) is 13.0 Å². The van der Waals surface area contributed by atoms with Crippen molar-refractivity contribution in [3.63, 3.8) is 0 Å². The molecule has 0 spiro atoms. The fraction of sp³-hybridized carbons (Fsp3) is 0.462. The molecule has 0 aliphatic carbocycles. The van der Waals surface area contributed by atoms with Crippen LogP contribution in [0.5, 0.6) is 5.75 Å². The Labute approximate surface area is 127 Å². The van der Waals surface area contributed by atoms with Gasteiger partial charge < -0.3 is 14.8 Å². The van der Waals surface area contributed by atoms with E-state index >= 15 is 0 Å². The van der Waals surface area contributed by atoms with Crippen molar-refractivity contribution in [2.24, 2.45) is 5.92 Å². The average molecular weight is 334 g/mol. The molecule has 0 saturated carbocycles. The van der Waals surface area contributed by atoms with Crippen LogP contribution in [0.25, 0.3) is 0 Å². The predicted molar refractivity (Wildman–Crippen MR) is 78.3 cm³/mol. The molecule has 116 valence electrons. The van der Waals surface area contributed by atoms with Crippen LogP contribution in [0.2, 0.25) is 0 Å². The summed E-state index contributed by atoms with van der Waals surface area (Å²) in [6.45, 7) is 2.62. The van der Waals surface area contributed by atoms with Crippen molar-refractivity contribution in [3.05, 3.63) is 17.7 Å². The number of carbonyl (C=O) groups excluding carboxylic acids is 1. The van der Waals surface area contributed by atoms with Gasteiger partial charge in [0.25, 0.3) is 9.05 Å². The topological polar surface area (TPSA) is 81.7 Å². The summed E-state index contributed by atoms with van der Waals surface area (Å²) in [6.07, 6.45) is 0.640. The highest BCUT2D eigenvalue weighted by Crippen LogP contribution is 2.36. The van der Waals surface area contributed by atoms with Crippen LogP contribution < -0.4 is 10.1 Å². The zero-order valence-electron chi connectivity index (χ0n) is 11.7. The molecule has 2 rings (SSSR count). The van der Waals surface area contributed by atoms with Crippen molar-refractivity contribution in [3.8, 4) is 5.75 Å². The van der Waals surface area contributed by atoms with Crippen molar-refractivity contribution < 1.29 is 22.7 Å². The first-order valence-corrected chi connectivity index (χ1v) is 8.65. The Morgan fingerprint density at radius 1 is 1.48 bits per heavy atom. The number of halogens is 1. The molecule has 1 aliphatic heterocycles. The van der Waals surface area contributed by atoms with Crippen molar-refractivity contribution >= 4 is 31.3 Å². The second-order valence-electron chi connectivity index (χ2n) is 4.83. The van der Waals surface area contributed by atoms with Crippen LogP contribution in [0.3, 0.4) is 0 Å². The van der Waals surface area contributed by atoms with Crippen molar-refractivity contribution in [2.45, 2.75) is 18.2 Å². The van der Waals surface area contributed by atoms with Gasteiger partial charge >= 0.3 is 0 Å². The van der Waals surface area contributed by atoms with Gasteiger partial charge in [-0.2, -0.15) is 0 Å². The van der Waals surface area contributed by atoms with Gasteiger partial charge in [0, 0.05) is 17.3 Å². The lowest BCUT2D eigenvalue weighted by Crippen LogP contribution is -2.23. The highest BCUT2D eigenvalue weighted by atomic mass is 35.7. The minimum absolute atomic E-state index is 0.0304. The first kappa shape index (κ1) is 16.1. The van der Waals surface area contributed by atoms with Crippen molar-refractivity contribution in [2.75, 3.05) is 25.6 Å². The second-order valence-corrected chi connectivity index (χ2v) is 7.37. The summed E-state index contributed by atoms with van der Waals surface area (Å²) in [5, 5.41) is 2.69. The Morgan fingerprint density at radius 2 is 2.19 bits per heavy atom. The van der Waals surface area contributed by atoms with Crippen LogP contribution in [-0.2, 0) is 18.6 Å². The van der Waals surface area contributed by atoms with Gasteiger partial charge in [-0.05, 0) is 31.0 Å². The van der Waals surface area contributed by atoms with Gasteiger partial charge in [-0.3, -0.25) is 4.79 Å². The number of anilines is 1. The lowest BCUT2D eigenvalue weighted by molar-refractivity contribution is -0.119. The minimum atomic E-state index is -3.97. The quantitative estimate of drug-likeness (QED) is 0.851. The molecule has 1 saturated heterocycles. The Kier molecular flexibility index (Phi) is 4.75. The van der Waals surface area contributed by atoms with E-state index in [1.165, 1.54) is 13.2 Å². The van der Waals surface area contributed by atoms with E-state index in [4.69, 9.17) is 20.2 Å². The minimum Gasteiger partial charge on any atom is -0.493 e. The summed E-state index contributed by atoms with van der Waals surface area (Å²) >= 11 is 0. The summed E-state index contributed by atoms with van der Waals surface area (Å²) in [5.74, 6) is -0.441. The average Bonchev–Trinajstić information content (AvgIpc) is 2.91. The maximum atomic E-state index is 12.1. The van der Waals surface area contributed by atoms with E-state index in [9.17, 15) is 13.2 Å². The van der Waals surface area contributed by atoms with Crippen LogP contribution in [0.15, 0.2) is 17.0 Å². The molecule has 1 heterocycles. The lowest BCUT2D eigenvalue weighted by atomic mass is 10.1. The van der Waals surface area contributed by atoms with Gasteiger partial charge in [0.05, 0.1) is 25.3 Å². The molecular formula is C13H16ClNO5S. The van der Waals surface area contributed by atoms with Gasteiger partial charge in [-0.15, -0.1) is 0 Å². The highest BCUT2D eigenvalue weighted by Gasteiger charge is 2.26. The first-order valence-electron chi connectivity index (χ1n) is 6.35. The van der Waals surface area contributed by atoms with Gasteiger partial charge in [-0.25, -0.2) is 8.42 Å². The zero-order chi connectivity index (χ0) is 15.6. The zero-order valence-corrected chi connectivity index (χ0v) is 13.3. The molecule has 0 radical (unpaired) electrons. The fourth-order valence-electron chi connectivity index (χ4n) is 2.20. The number of benzene rings is 1. The normalized spacial score (nSPS) is 18.5. The molecule has 1 unspecified atom stereocenters. The number of hydrogen-bond donors (Lipinski definition) is 1. The Hall–Kier alpha value is -1.31. The number of ether oxygens (including phenoxy) is 2. The van der Waals surface area contributed by atoms with E-state index < -0.39 is 9.05 Å². The molecule has 1 amide bonds. The van der Waals surface area contributed by atoms with Gasteiger partial charge in [0.1, 0.15) is 4.90 Å². The Morgan fingerprint density at radius 3 is 2.71 bits per heavy atom. The number of rotatable bonds is 4. The third-order valence-corrected chi connectivity index (χ3v) is 4.55. The van der Waals surface area contributed by atoms with Crippen LogP contribution in [-0.4, -0.2) is 34.6 Å². The standard InChI is InChI=1S/C13H16ClNO5S/c1-8-5-10(15-13(16)9-3-4-20-7-9)12(19-2)11(6-8)21(14,17)18/h5-6,9H,3-4,7H2,1-2H3,(H,15,16). The SMILES string of the molecule is COc1c(NC(=O)C2CCOC2)cc(C)cc1S(=O)(=O)Cl. The van der Waals surface area contributed by atoms with E-state index in [0.29, 0.717) is 25.2 Å². The smallest absolute Gasteiger partial charge is 0.265 e. The van der Waals surface area contributed by atoms with E-state index in [1.807, 2.05) is 0 Å². The molecule has 1 aliphatic rings. The van der Waals surface area contributed by atoms with Gasteiger partial charge in [-0.1, -0.05) is 0 Å². The van der Waals surface area contributed by atoms with Crippen LogP contribution in [0, 0.1) is 12.8 Å². The number of hydrogen-bond acceptors (Lipinski definition) is 5. The van der Waals surface area contributed by atoms with Crippen LogP contribution in [0.4, 0.5) is 5.69 Å². The lowest BCUT2D eigenvalue weighted by Gasteiger charge is -2.15. The Balaban J connectivity index is 2.38. The summed E-state index contributed by atoms with van der Waals surface area (Å²) in [4.78, 5) is 12.0. The van der Waals surface area contributed by atoms with E-state index in [0.717, 1.165) is 0 Å². The number of methoxy groups -OCH3 is 1. The monoisotopic (exact) mass is 333 g/mol. The second kappa shape index (κ2) is 6.21. The van der Waals surface area contributed by atoms with Crippen LogP contribution in [0.1, 0.15) is 12.0 Å². The molecule has 21 heavy (non-hydrogen) atoms. The maximum Gasteiger partial charge on any atom is 0.265 e. The number of carbonyl (C=O) groups is 1. The summed E-state index contributed by atoms with van der Waals surface area (Å²) in [7, 11) is 2.76. The molecule has 1 aromatic carbocycles.